The Morgan fingerprint density at radius 2 is 1.69 bits per heavy atom. The van der Waals surface area contributed by atoms with E-state index in [1.54, 1.807) is 36.4 Å². The van der Waals surface area contributed by atoms with Gasteiger partial charge in [-0.05, 0) is 48.0 Å². The summed E-state index contributed by atoms with van der Waals surface area (Å²) in [5.74, 6) is 0.273. The SMILES string of the molecule is COc1ccc(C(=O)O)c(Oc2cccc(OC/C=C/c3ccc(C(F)(F)F)cc3)c2)c1. The molecule has 0 saturated heterocycles. The van der Waals surface area contributed by atoms with Gasteiger partial charge >= 0.3 is 12.1 Å². The van der Waals surface area contributed by atoms with E-state index in [1.807, 2.05) is 0 Å². The molecule has 0 aromatic heterocycles. The second kappa shape index (κ2) is 9.91. The highest BCUT2D eigenvalue weighted by atomic mass is 19.4. The van der Waals surface area contributed by atoms with Gasteiger partial charge < -0.3 is 19.3 Å². The topological polar surface area (TPSA) is 65.0 Å². The molecule has 0 heterocycles. The van der Waals surface area contributed by atoms with E-state index in [1.165, 1.54) is 37.4 Å². The number of hydrogen-bond donors (Lipinski definition) is 1. The van der Waals surface area contributed by atoms with Gasteiger partial charge in [-0.15, -0.1) is 0 Å². The van der Waals surface area contributed by atoms with Crippen molar-refractivity contribution in [2.24, 2.45) is 0 Å². The van der Waals surface area contributed by atoms with Gasteiger partial charge in [-0.2, -0.15) is 13.2 Å². The van der Waals surface area contributed by atoms with E-state index in [0.717, 1.165) is 12.1 Å². The number of carbonyl (C=O) groups is 1. The lowest BCUT2D eigenvalue weighted by molar-refractivity contribution is -0.137. The standard InChI is InChI=1S/C24H19F3O5/c1-30-18-11-12-21(23(28)29)22(15-18)32-20-6-2-5-19(14-20)31-13-3-4-16-7-9-17(10-8-16)24(25,26)27/h2-12,14-15H,13H2,1H3,(H,28,29)/b4-3+. The first kappa shape index (κ1) is 22.7. The summed E-state index contributed by atoms with van der Waals surface area (Å²) in [4.78, 5) is 11.4. The molecular formula is C24H19F3O5. The van der Waals surface area contributed by atoms with Crippen molar-refractivity contribution in [2.75, 3.05) is 13.7 Å². The first-order valence-corrected chi connectivity index (χ1v) is 9.42. The summed E-state index contributed by atoms with van der Waals surface area (Å²) in [5.41, 5.74) is -0.112. The number of alkyl halides is 3. The van der Waals surface area contributed by atoms with Crippen molar-refractivity contribution < 1.29 is 37.3 Å². The summed E-state index contributed by atoms with van der Waals surface area (Å²) in [5, 5.41) is 9.35. The Balaban J connectivity index is 1.63. The van der Waals surface area contributed by atoms with Crippen molar-refractivity contribution in [1.29, 1.82) is 0 Å². The van der Waals surface area contributed by atoms with E-state index in [0.29, 0.717) is 22.8 Å². The van der Waals surface area contributed by atoms with E-state index >= 15 is 0 Å². The third-order valence-corrected chi connectivity index (χ3v) is 4.35. The lowest BCUT2D eigenvalue weighted by atomic mass is 10.1. The molecule has 0 fully saturated rings. The zero-order chi connectivity index (χ0) is 23.1. The molecule has 3 rings (SSSR count). The summed E-state index contributed by atoms with van der Waals surface area (Å²) in [6, 6.07) is 15.8. The molecule has 0 aliphatic rings. The molecule has 1 N–H and O–H groups in total. The first-order valence-electron chi connectivity index (χ1n) is 9.42. The summed E-state index contributed by atoms with van der Waals surface area (Å²) < 4.78 is 54.3. The molecule has 0 aliphatic carbocycles. The van der Waals surface area contributed by atoms with Crippen LogP contribution in [-0.4, -0.2) is 24.8 Å². The van der Waals surface area contributed by atoms with Crippen LogP contribution < -0.4 is 14.2 Å². The molecule has 8 heteroatoms. The minimum atomic E-state index is -4.37. The van der Waals surface area contributed by atoms with Gasteiger partial charge in [0.2, 0.25) is 0 Å². The molecule has 0 atom stereocenters. The van der Waals surface area contributed by atoms with Gasteiger partial charge in [0.05, 0.1) is 12.7 Å². The van der Waals surface area contributed by atoms with Gasteiger partial charge in [-0.25, -0.2) is 4.79 Å². The molecule has 0 radical (unpaired) electrons. The smallest absolute Gasteiger partial charge is 0.416 e. The average Bonchev–Trinajstić information content (AvgIpc) is 2.76. The van der Waals surface area contributed by atoms with Crippen LogP contribution in [0.3, 0.4) is 0 Å². The van der Waals surface area contributed by atoms with Gasteiger partial charge in [0.25, 0.3) is 0 Å². The maximum atomic E-state index is 12.6. The maximum absolute atomic E-state index is 12.6. The van der Waals surface area contributed by atoms with Crippen molar-refractivity contribution in [3.8, 4) is 23.0 Å². The second-order valence-electron chi connectivity index (χ2n) is 6.58. The lowest BCUT2D eigenvalue weighted by Crippen LogP contribution is -2.03. The molecule has 0 bridgehead atoms. The molecule has 3 aromatic carbocycles. The fraction of sp³-hybridized carbons (Fsp3) is 0.125. The highest BCUT2D eigenvalue weighted by Crippen LogP contribution is 2.31. The Hall–Kier alpha value is -3.94. The van der Waals surface area contributed by atoms with Crippen molar-refractivity contribution in [1.82, 2.24) is 0 Å². The lowest BCUT2D eigenvalue weighted by Gasteiger charge is -2.11. The van der Waals surface area contributed by atoms with Crippen LogP contribution >= 0.6 is 0 Å². The number of carboxylic acid groups (broad SMARTS) is 1. The Labute approximate surface area is 182 Å². The highest BCUT2D eigenvalue weighted by molar-refractivity contribution is 5.91. The Morgan fingerprint density at radius 1 is 0.969 bits per heavy atom. The minimum Gasteiger partial charge on any atom is -0.497 e. The fourth-order valence-corrected chi connectivity index (χ4v) is 2.76. The van der Waals surface area contributed by atoms with Gasteiger partial charge in [0.1, 0.15) is 35.2 Å². The molecule has 5 nitrogen and oxygen atoms in total. The van der Waals surface area contributed by atoms with E-state index in [4.69, 9.17) is 14.2 Å². The molecule has 0 aliphatic heterocycles. The van der Waals surface area contributed by atoms with Crippen LogP contribution in [0.1, 0.15) is 21.5 Å². The van der Waals surface area contributed by atoms with Crippen LogP contribution in [0.4, 0.5) is 13.2 Å². The molecule has 0 spiro atoms. The Kier molecular flexibility index (Phi) is 7.04. The summed E-state index contributed by atoms with van der Waals surface area (Å²) in [7, 11) is 1.46. The van der Waals surface area contributed by atoms with Crippen LogP contribution in [-0.2, 0) is 6.18 Å². The van der Waals surface area contributed by atoms with Gasteiger partial charge in [0, 0.05) is 12.1 Å². The van der Waals surface area contributed by atoms with Crippen LogP contribution in [0.2, 0.25) is 0 Å². The monoisotopic (exact) mass is 444 g/mol. The van der Waals surface area contributed by atoms with Crippen molar-refractivity contribution >= 4 is 12.0 Å². The number of benzene rings is 3. The normalized spacial score (nSPS) is 11.4. The predicted molar refractivity (Wildman–Crippen MR) is 112 cm³/mol. The van der Waals surface area contributed by atoms with E-state index < -0.39 is 17.7 Å². The number of aromatic carboxylic acids is 1. The minimum absolute atomic E-state index is 0.0170. The van der Waals surface area contributed by atoms with Gasteiger partial charge in [0.15, 0.2) is 0 Å². The van der Waals surface area contributed by atoms with Crippen LogP contribution in [0.25, 0.3) is 6.08 Å². The van der Waals surface area contributed by atoms with Crippen molar-refractivity contribution in [3.05, 3.63) is 89.5 Å². The predicted octanol–water partition coefficient (Wildman–Crippen LogP) is 6.30. The molecule has 3 aromatic rings. The number of halogens is 3. The summed E-state index contributed by atoms with van der Waals surface area (Å²) in [6.45, 7) is 0.171. The molecular weight excluding hydrogens is 425 g/mol. The van der Waals surface area contributed by atoms with Crippen molar-refractivity contribution in [3.63, 3.8) is 0 Å². The summed E-state index contributed by atoms with van der Waals surface area (Å²) >= 11 is 0. The molecule has 0 saturated carbocycles. The molecule has 0 unspecified atom stereocenters. The quantitative estimate of drug-likeness (QED) is 0.442. The zero-order valence-electron chi connectivity index (χ0n) is 16.9. The van der Waals surface area contributed by atoms with Crippen LogP contribution in [0, 0.1) is 0 Å². The van der Waals surface area contributed by atoms with E-state index in [2.05, 4.69) is 0 Å². The number of ether oxygens (including phenoxy) is 3. The first-order chi connectivity index (χ1) is 15.3. The number of carboxylic acids is 1. The number of rotatable bonds is 8. The molecule has 166 valence electrons. The maximum Gasteiger partial charge on any atom is 0.416 e. The summed E-state index contributed by atoms with van der Waals surface area (Å²) in [6.07, 6.45) is -1.05. The molecule has 32 heavy (non-hydrogen) atoms. The van der Waals surface area contributed by atoms with Crippen molar-refractivity contribution in [2.45, 2.75) is 6.18 Å². The Bertz CT molecular complexity index is 1110. The van der Waals surface area contributed by atoms with Gasteiger partial charge in [-0.1, -0.05) is 24.3 Å². The number of hydrogen-bond acceptors (Lipinski definition) is 4. The van der Waals surface area contributed by atoms with E-state index in [-0.39, 0.29) is 17.9 Å². The highest BCUT2D eigenvalue weighted by Gasteiger charge is 2.29. The third-order valence-electron chi connectivity index (χ3n) is 4.35. The molecule has 0 amide bonds. The largest absolute Gasteiger partial charge is 0.497 e. The fourth-order valence-electron chi connectivity index (χ4n) is 2.76. The second-order valence-corrected chi connectivity index (χ2v) is 6.58. The zero-order valence-corrected chi connectivity index (χ0v) is 16.9. The van der Waals surface area contributed by atoms with Gasteiger partial charge in [-0.3, -0.25) is 0 Å². The average molecular weight is 444 g/mol. The Morgan fingerprint density at radius 3 is 2.34 bits per heavy atom. The third kappa shape index (κ3) is 6.04. The van der Waals surface area contributed by atoms with Crippen LogP contribution in [0.15, 0.2) is 72.8 Å². The van der Waals surface area contributed by atoms with Crippen LogP contribution in [0.5, 0.6) is 23.0 Å². The number of methoxy groups -OCH3 is 1. The van der Waals surface area contributed by atoms with E-state index in [9.17, 15) is 23.1 Å².